The van der Waals surface area contributed by atoms with E-state index in [2.05, 4.69) is 21.2 Å². The summed E-state index contributed by atoms with van der Waals surface area (Å²) in [5.74, 6) is 0.935. The average molecular weight is 392 g/mol. The summed E-state index contributed by atoms with van der Waals surface area (Å²) >= 11 is 3.94. The van der Waals surface area contributed by atoms with Crippen LogP contribution in [0, 0.1) is 17.3 Å². The Morgan fingerprint density at radius 3 is 2.46 bits per heavy atom. The Kier molecular flexibility index (Phi) is 3.75. The number of halogens is 1. The van der Waals surface area contributed by atoms with Crippen molar-refractivity contribution in [2.75, 3.05) is 12.4 Å². The molecule has 5 heteroatoms. The Hall–Kier alpha value is -1.36. The third-order valence-electron chi connectivity index (χ3n) is 6.05. The smallest absolute Gasteiger partial charge is 0.339 e. The number of methoxy groups -OCH3 is 1. The van der Waals surface area contributed by atoms with Crippen molar-refractivity contribution >= 4 is 33.5 Å². The Morgan fingerprint density at radius 1 is 1.17 bits per heavy atom. The highest BCUT2D eigenvalue weighted by Crippen LogP contribution is 2.64. The zero-order valence-electron chi connectivity index (χ0n) is 13.8. The van der Waals surface area contributed by atoms with Crippen LogP contribution in [-0.4, -0.2) is 23.3 Å². The molecule has 4 fully saturated rings. The highest BCUT2D eigenvalue weighted by molar-refractivity contribution is 9.10. The second-order valence-corrected chi connectivity index (χ2v) is 9.57. The molecule has 4 bridgehead atoms. The lowest BCUT2D eigenvalue weighted by Crippen LogP contribution is -2.57. The summed E-state index contributed by atoms with van der Waals surface area (Å²) in [6.45, 7) is 0. The predicted molar refractivity (Wildman–Crippen MR) is 95.2 cm³/mol. The first kappa shape index (κ1) is 16.1. The van der Waals surface area contributed by atoms with E-state index >= 15 is 0 Å². The molecule has 1 amide bonds. The Balaban J connectivity index is 1.61. The molecular weight excluding hydrogens is 370 g/mol. The van der Waals surface area contributed by atoms with E-state index in [0.29, 0.717) is 23.1 Å². The van der Waals surface area contributed by atoms with Gasteiger partial charge in [0.15, 0.2) is 0 Å². The number of carbonyl (C=O) groups is 2. The summed E-state index contributed by atoms with van der Waals surface area (Å²) in [7, 11) is 1.36. The third-order valence-corrected chi connectivity index (χ3v) is 6.98. The molecule has 2 atom stereocenters. The minimum Gasteiger partial charge on any atom is -0.465 e. The van der Waals surface area contributed by atoms with Crippen molar-refractivity contribution in [3.05, 3.63) is 29.8 Å². The highest BCUT2D eigenvalue weighted by atomic mass is 79.9. The molecule has 0 heterocycles. The van der Waals surface area contributed by atoms with Gasteiger partial charge in [-0.05, 0) is 62.5 Å². The van der Waals surface area contributed by atoms with Crippen LogP contribution in [0.2, 0.25) is 0 Å². The monoisotopic (exact) mass is 391 g/mol. The van der Waals surface area contributed by atoms with Crippen molar-refractivity contribution < 1.29 is 14.3 Å². The van der Waals surface area contributed by atoms with E-state index in [1.54, 1.807) is 18.2 Å². The Morgan fingerprint density at radius 2 is 1.83 bits per heavy atom. The fourth-order valence-electron chi connectivity index (χ4n) is 5.55. The topological polar surface area (TPSA) is 55.4 Å². The second-order valence-electron chi connectivity index (χ2n) is 7.88. The van der Waals surface area contributed by atoms with Gasteiger partial charge in [0, 0.05) is 4.32 Å². The highest BCUT2D eigenvalue weighted by Gasteiger charge is 2.59. The minimum absolute atomic E-state index is 0.0665. The molecule has 128 valence electrons. The number of hydrogen-bond donors (Lipinski definition) is 1. The van der Waals surface area contributed by atoms with Crippen molar-refractivity contribution in [2.45, 2.75) is 42.8 Å². The quantitative estimate of drug-likeness (QED) is 0.621. The maximum absolute atomic E-state index is 13.2. The van der Waals surface area contributed by atoms with Crippen LogP contribution in [0.5, 0.6) is 0 Å². The maximum atomic E-state index is 13.2. The molecule has 0 aliphatic heterocycles. The number of benzene rings is 1. The molecule has 0 spiro atoms. The number of para-hydroxylation sites is 1. The first-order valence-corrected chi connectivity index (χ1v) is 9.40. The van der Waals surface area contributed by atoms with Crippen molar-refractivity contribution in [3.8, 4) is 0 Å². The van der Waals surface area contributed by atoms with Crippen LogP contribution in [-0.2, 0) is 9.53 Å². The lowest BCUT2D eigenvalue weighted by atomic mass is 9.49. The predicted octanol–water partition coefficient (Wildman–Crippen LogP) is 4.15. The van der Waals surface area contributed by atoms with E-state index in [1.807, 2.05) is 6.07 Å². The fraction of sp³-hybridized carbons (Fsp3) is 0.579. The van der Waals surface area contributed by atoms with Crippen LogP contribution < -0.4 is 5.32 Å². The van der Waals surface area contributed by atoms with Gasteiger partial charge in [0.05, 0.1) is 23.8 Å². The molecule has 0 radical (unpaired) electrons. The number of esters is 1. The van der Waals surface area contributed by atoms with Crippen LogP contribution in [0.1, 0.15) is 48.9 Å². The second kappa shape index (κ2) is 5.58. The molecule has 24 heavy (non-hydrogen) atoms. The van der Waals surface area contributed by atoms with Crippen LogP contribution in [0.3, 0.4) is 0 Å². The fourth-order valence-corrected chi connectivity index (χ4v) is 7.00. The van der Waals surface area contributed by atoms with Gasteiger partial charge in [0.2, 0.25) is 5.91 Å². The Bertz CT molecular complexity index is 688. The molecule has 0 aromatic heterocycles. The third kappa shape index (κ3) is 2.57. The van der Waals surface area contributed by atoms with Crippen molar-refractivity contribution in [1.82, 2.24) is 0 Å². The molecule has 5 rings (SSSR count). The molecule has 4 saturated carbocycles. The number of hydrogen-bond acceptors (Lipinski definition) is 3. The van der Waals surface area contributed by atoms with Crippen molar-refractivity contribution in [3.63, 3.8) is 0 Å². The van der Waals surface area contributed by atoms with Gasteiger partial charge in [0.1, 0.15) is 0 Å². The number of carbonyl (C=O) groups excluding carboxylic acids is 2. The molecule has 1 aromatic rings. The molecule has 4 nitrogen and oxygen atoms in total. The molecule has 2 unspecified atom stereocenters. The number of nitrogens with one attached hydrogen (secondary N) is 1. The minimum atomic E-state index is -0.423. The average Bonchev–Trinajstić information content (AvgIpc) is 2.52. The van der Waals surface area contributed by atoms with E-state index < -0.39 is 5.97 Å². The van der Waals surface area contributed by atoms with E-state index in [0.717, 1.165) is 19.3 Å². The van der Waals surface area contributed by atoms with Gasteiger partial charge in [-0.25, -0.2) is 4.79 Å². The van der Waals surface area contributed by atoms with Gasteiger partial charge in [-0.3, -0.25) is 4.79 Å². The van der Waals surface area contributed by atoms with Gasteiger partial charge in [-0.1, -0.05) is 28.1 Å². The van der Waals surface area contributed by atoms with E-state index in [9.17, 15) is 9.59 Å². The van der Waals surface area contributed by atoms with Gasteiger partial charge >= 0.3 is 5.97 Å². The summed E-state index contributed by atoms with van der Waals surface area (Å²) in [5.41, 5.74) is 0.664. The zero-order valence-corrected chi connectivity index (χ0v) is 15.4. The van der Waals surface area contributed by atoms with Gasteiger partial charge in [0.25, 0.3) is 0 Å². The molecule has 4 aliphatic rings. The standard InChI is InChI=1S/C19H22BrNO3/c1-24-16(22)14-4-2-3-5-15(14)21-17(23)18-7-12-6-13(8-18)10-19(20,9-12)11-18/h2-5,12-13H,6-11H2,1H3,(H,21,23). The van der Waals surface area contributed by atoms with Crippen molar-refractivity contribution in [2.24, 2.45) is 17.3 Å². The summed E-state index contributed by atoms with van der Waals surface area (Å²) in [6.07, 6.45) is 6.50. The van der Waals surface area contributed by atoms with Crippen molar-refractivity contribution in [1.29, 1.82) is 0 Å². The number of ether oxygens (including phenoxy) is 1. The summed E-state index contributed by atoms with van der Waals surface area (Å²) in [5, 5.41) is 3.04. The van der Waals surface area contributed by atoms with Gasteiger partial charge in [-0.2, -0.15) is 0 Å². The molecule has 1 N–H and O–H groups in total. The normalized spacial score (nSPS) is 36.4. The summed E-state index contributed by atoms with van der Waals surface area (Å²) in [4.78, 5) is 25.1. The van der Waals surface area contributed by atoms with Crippen LogP contribution in [0.15, 0.2) is 24.3 Å². The largest absolute Gasteiger partial charge is 0.465 e. The van der Waals surface area contributed by atoms with E-state index in [4.69, 9.17) is 4.74 Å². The number of rotatable bonds is 3. The molecule has 1 aromatic carbocycles. The van der Waals surface area contributed by atoms with Crippen LogP contribution in [0.4, 0.5) is 5.69 Å². The summed E-state index contributed by atoms with van der Waals surface area (Å²) in [6, 6.07) is 7.06. The SMILES string of the molecule is COC(=O)c1ccccc1NC(=O)C12CC3CC(CC(Br)(C3)C1)C2. The lowest BCUT2D eigenvalue weighted by molar-refractivity contribution is -0.138. The molecular formula is C19H22BrNO3. The molecule has 4 aliphatic carbocycles. The maximum Gasteiger partial charge on any atom is 0.339 e. The number of amides is 1. The van der Waals surface area contributed by atoms with Crippen LogP contribution >= 0.6 is 15.9 Å². The van der Waals surface area contributed by atoms with E-state index in [1.165, 1.54) is 26.4 Å². The van der Waals surface area contributed by atoms with Gasteiger partial charge in [-0.15, -0.1) is 0 Å². The lowest BCUT2D eigenvalue weighted by Gasteiger charge is -2.59. The first-order valence-electron chi connectivity index (χ1n) is 8.61. The first-order chi connectivity index (χ1) is 11.4. The zero-order chi connectivity index (χ0) is 16.9. The summed E-state index contributed by atoms with van der Waals surface area (Å²) < 4.78 is 4.96. The Labute approximate surface area is 150 Å². The van der Waals surface area contributed by atoms with Crippen LogP contribution in [0.25, 0.3) is 0 Å². The number of anilines is 1. The number of alkyl halides is 1. The molecule has 0 saturated heterocycles. The van der Waals surface area contributed by atoms with E-state index in [-0.39, 0.29) is 15.6 Å². The van der Waals surface area contributed by atoms with Gasteiger partial charge < -0.3 is 10.1 Å².